The monoisotopic (exact) mass is 355 g/mol. The molecule has 1 saturated heterocycles. The summed E-state index contributed by atoms with van der Waals surface area (Å²) < 4.78 is 5.49. The quantitative estimate of drug-likeness (QED) is 0.758. The number of aliphatic hydroxyl groups is 1. The number of hydrogen-bond donors (Lipinski definition) is 3. The second-order valence-corrected chi connectivity index (χ2v) is 7.28. The van der Waals surface area contributed by atoms with E-state index in [4.69, 9.17) is 4.42 Å². The van der Waals surface area contributed by atoms with E-state index in [0.717, 1.165) is 12.0 Å². The summed E-state index contributed by atoms with van der Waals surface area (Å²) in [5, 5.41) is 15.9. The maximum Gasteiger partial charge on any atom is 0.287 e. The van der Waals surface area contributed by atoms with Gasteiger partial charge in [0, 0.05) is 49.4 Å². The molecule has 6 nitrogen and oxygen atoms in total. The van der Waals surface area contributed by atoms with E-state index in [1.807, 2.05) is 12.1 Å². The molecule has 0 spiro atoms. The number of anilines is 1. The summed E-state index contributed by atoms with van der Waals surface area (Å²) in [6.07, 6.45) is 2.18. The number of nitrogens with one attached hydrogen (secondary N) is 2. The topological polar surface area (TPSA) is 77.7 Å². The molecule has 3 atom stereocenters. The second kappa shape index (κ2) is 7.13. The fourth-order valence-corrected chi connectivity index (χ4v) is 3.95. The Labute approximate surface area is 153 Å². The van der Waals surface area contributed by atoms with Crippen molar-refractivity contribution in [2.24, 2.45) is 5.92 Å². The third-order valence-corrected chi connectivity index (χ3v) is 5.47. The highest BCUT2D eigenvalue weighted by molar-refractivity contribution is 5.93. The molecule has 0 bridgehead atoms. The number of carbonyl (C=O) groups excluding carboxylic acids is 1. The van der Waals surface area contributed by atoms with Crippen molar-refractivity contribution in [3.05, 3.63) is 53.5 Å². The van der Waals surface area contributed by atoms with Crippen LogP contribution in [0.1, 0.15) is 28.6 Å². The number of hydrogen-bond acceptors (Lipinski definition) is 5. The summed E-state index contributed by atoms with van der Waals surface area (Å²) in [5.74, 6) is 0.189. The lowest BCUT2D eigenvalue weighted by Gasteiger charge is -2.24. The molecule has 3 heterocycles. The van der Waals surface area contributed by atoms with Gasteiger partial charge in [-0.1, -0.05) is 18.2 Å². The number of furan rings is 1. The number of carbonyl (C=O) groups is 1. The van der Waals surface area contributed by atoms with Gasteiger partial charge in [0.1, 0.15) is 0 Å². The van der Waals surface area contributed by atoms with Crippen molar-refractivity contribution in [3.63, 3.8) is 0 Å². The van der Waals surface area contributed by atoms with Crippen LogP contribution in [0.25, 0.3) is 0 Å². The number of aliphatic hydroxyl groups excluding tert-OH is 1. The number of para-hydroxylation sites is 1. The fraction of sp³-hybridized carbons (Fsp3) is 0.450. The van der Waals surface area contributed by atoms with E-state index in [1.54, 1.807) is 6.26 Å². The molecule has 26 heavy (non-hydrogen) atoms. The van der Waals surface area contributed by atoms with Gasteiger partial charge < -0.3 is 25.1 Å². The molecular weight excluding hydrogens is 330 g/mol. The smallest absolute Gasteiger partial charge is 0.287 e. The second-order valence-electron chi connectivity index (χ2n) is 7.28. The first-order valence-electron chi connectivity index (χ1n) is 9.21. The maximum absolute atomic E-state index is 12.6. The largest absolute Gasteiger partial charge is 0.459 e. The lowest BCUT2D eigenvalue weighted by Crippen LogP contribution is -2.35. The van der Waals surface area contributed by atoms with E-state index in [9.17, 15) is 9.90 Å². The van der Waals surface area contributed by atoms with Crippen LogP contribution < -0.4 is 15.5 Å². The first-order valence-corrected chi connectivity index (χ1v) is 9.21. The SMILES string of the molecule is CC1Cc2ccccc2N1Cc1ccoc1C(=O)NCC1CNCC1O. The van der Waals surface area contributed by atoms with Crippen LogP contribution in [0.4, 0.5) is 5.69 Å². The van der Waals surface area contributed by atoms with Crippen molar-refractivity contribution < 1.29 is 14.3 Å². The van der Waals surface area contributed by atoms with Crippen LogP contribution in [0, 0.1) is 5.92 Å². The molecule has 0 radical (unpaired) electrons. The first kappa shape index (κ1) is 17.1. The van der Waals surface area contributed by atoms with Crippen molar-refractivity contribution in [3.8, 4) is 0 Å². The van der Waals surface area contributed by atoms with Gasteiger partial charge in [0.15, 0.2) is 5.76 Å². The van der Waals surface area contributed by atoms with E-state index in [0.29, 0.717) is 38.0 Å². The zero-order chi connectivity index (χ0) is 18.1. The van der Waals surface area contributed by atoms with Crippen LogP contribution in [-0.2, 0) is 13.0 Å². The highest BCUT2D eigenvalue weighted by Gasteiger charge is 2.29. The predicted molar refractivity (Wildman–Crippen MR) is 99.2 cm³/mol. The Kier molecular flexibility index (Phi) is 4.70. The van der Waals surface area contributed by atoms with Crippen LogP contribution in [-0.4, -0.2) is 42.8 Å². The third-order valence-electron chi connectivity index (χ3n) is 5.47. The third kappa shape index (κ3) is 3.22. The summed E-state index contributed by atoms with van der Waals surface area (Å²) in [6.45, 7) is 4.59. The minimum atomic E-state index is -0.409. The van der Waals surface area contributed by atoms with Crippen LogP contribution in [0.5, 0.6) is 0 Å². The lowest BCUT2D eigenvalue weighted by atomic mass is 10.1. The Hall–Kier alpha value is -2.31. The minimum Gasteiger partial charge on any atom is -0.459 e. The maximum atomic E-state index is 12.6. The molecule has 4 rings (SSSR count). The van der Waals surface area contributed by atoms with E-state index in [-0.39, 0.29) is 11.8 Å². The van der Waals surface area contributed by atoms with Crippen molar-refractivity contribution in [2.45, 2.75) is 32.0 Å². The van der Waals surface area contributed by atoms with Gasteiger partial charge in [0.2, 0.25) is 0 Å². The highest BCUT2D eigenvalue weighted by atomic mass is 16.3. The van der Waals surface area contributed by atoms with E-state index >= 15 is 0 Å². The molecule has 2 aliphatic heterocycles. The molecule has 138 valence electrons. The van der Waals surface area contributed by atoms with Crippen LogP contribution >= 0.6 is 0 Å². The van der Waals surface area contributed by atoms with Crippen LogP contribution in [0.2, 0.25) is 0 Å². The molecular formula is C20H25N3O3. The number of fused-ring (bicyclic) bond motifs is 1. The Morgan fingerprint density at radius 2 is 2.19 bits per heavy atom. The zero-order valence-corrected chi connectivity index (χ0v) is 14.9. The van der Waals surface area contributed by atoms with Crippen molar-refractivity contribution >= 4 is 11.6 Å². The summed E-state index contributed by atoms with van der Waals surface area (Å²) in [5.41, 5.74) is 3.46. The van der Waals surface area contributed by atoms with Gasteiger partial charge in [0.25, 0.3) is 5.91 Å². The molecule has 2 aliphatic rings. The number of rotatable bonds is 5. The van der Waals surface area contributed by atoms with Gasteiger partial charge in [-0.25, -0.2) is 0 Å². The Bertz CT molecular complexity index is 788. The Balaban J connectivity index is 1.44. The van der Waals surface area contributed by atoms with Gasteiger partial charge in [0.05, 0.1) is 12.4 Å². The fourth-order valence-electron chi connectivity index (χ4n) is 3.95. The van der Waals surface area contributed by atoms with Gasteiger partial charge in [-0.05, 0) is 31.0 Å². The van der Waals surface area contributed by atoms with Gasteiger partial charge >= 0.3 is 0 Å². The highest BCUT2D eigenvalue weighted by Crippen LogP contribution is 2.33. The number of amides is 1. The Morgan fingerprint density at radius 3 is 3.00 bits per heavy atom. The molecule has 6 heteroatoms. The van der Waals surface area contributed by atoms with E-state index in [1.165, 1.54) is 11.3 Å². The number of benzene rings is 1. The van der Waals surface area contributed by atoms with E-state index in [2.05, 4.69) is 40.7 Å². The normalized spacial score (nSPS) is 24.7. The molecule has 0 saturated carbocycles. The van der Waals surface area contributed by atoms with Crippen molar-refractivity contribution in [1.29, 1.82) is 0 Å². The average Bonchev–Trinajstić information content (AvgIpc) is 3.33. The minimum absolute atomic E-state index is 0.0443. The molecule has 0 aliphatic carbocycles. The lowest BCUT2D eigenvalue weighted by molar-refractivity contribution is 0.0898. The van der Waals surface area contributed by atoms with Crippen molar-refractivity contribution in [2.75, 3.05) is 24.5 Å². The van der Waals surface area contributed by atoms with Gasteiger partial charge in [-0.15, -0.1) is 0 Å². The first-order chi connectivity index (χ1) is 12.6. The molecule has 1 aromatic carbocycles. The van der Waals surface area contributed by atoms with Crippen LogP contribution in [0.15, 0.2) is 41.0 Å². The summed E-state index contributed by atoms with van der Waals surface area (Å²) in [7, 11) is 0. The summed E-state index contributed by atoms with van der Waals surface area (Å²) >= 11 is 0. The van der Waals surface area contributed by atoms with Crippen molar-refractivity contribution in [1.82, 2.24) is 10.6 Å². The summed E-state index contributed by atoms with van der Waals surface area (Å²) in [6, 6.07) is 10.7. The Morgan fingerprint density at radius 1 is 1.35 bits per heavy atom. The van der Waals surface area contributed by atoms with Crippen LogP contribution in [0.3, 0.4) is 0 Å². The molecule has 1 fully saturated rings. The molecule has 1 aromatic heterocycles. The molecule has 3 unspecified atom stereocenters. The molecule has 2 aromatic rings. The standard InChI is InChI=1S/C20H25N3O3/c1-13-8-14-4-2-3-5-17(14)23(13)12-15-6-7-26-19(15)20(25)22-10-16-9-21-11-18(16)24/h2-7,13,16,18,21,24H,8-12H2,1H3,(H,22,25). The van der Waals surface area contributed by atoms with E-state index < -0.39 is 6.10 Å². The summed E-state index contributed by atoms with van der Waals surface area (Å²) in [4.78, 5) is 14.9. The molecule has 3 N–H and O–H groups in total. The zero-order valence-electron chi connectivity index (χ0n) is 14.9. The number of β-amino-alcohol motifs (C(OH)–C–C–N with tert-alkyl or cyclic N) is 1. The predicted octanol–water partition coefficient (Wildman–Crippen LogP) is 1.54. The number of nitrogens with zero attached hydrogens (tertiary/aromatic N) is 1. The molecule has 1 amide bonds. The average molecular weight is 355 g/mol. The van der Waals surface area contributed by atoms with Gasteiger partial charge in [-0.3, -0.25) is 4.79 Å². The van der Waals surface area contributed by atoms with Gasteiger partial charge in [-0.2, -0.15) is 0 Å².